The van der Waals surface area contributed by atoms with E-state index in [2.05, 4.69) is 10.4 Å². The number of nitrogens with zero attached hydrogens (tertiary/aromatic N) is 2. The van der Waals surface area contributed by atoms with Gasteiger partial charge in [0.05, 0.1) is 22.3 Å². The Morgan fingerprint density at radius 1 is 1.26 bits per heavy atom. The van der Waals surface area contributed by atoms with E-state index in [-0.39, 0.29) is 24.1 Å². The van der Waals surface area contributed by atoms with Crippen LogP contribution in [0.4, 0.5) is 5.82 Å². The molecule has 0 radical (unpaired) electrons. The number of nitrogens with one attached hydrogen (secondary N) is 1. The summed E-state index contributed by atoms with van der Waals surface area (Å²) in [7, 11) is 0. The van der Waals surface area contributed by atoms with Crippen LogP contribution in [-0.4, -0.2) is 28.3 Å². The summed E-state index contributed by atoms with van der Waals surface area (Å²) in [5.74, 6) is -0.416. The van der Waals surface area contributed by atoms with Crippen LogP contribution in [0.5, 0.6) is 0 Å². The third-order valence-corrected chi connectivity index (χ3v) is 3.65. The molecule has 0 aliphatic carbocycles. The molecule has 0 aliphatic heterocycles. The first-order valence-corrected chi connectivity index (χ1v) is 7.62. The minimum atomic E-state index is -0.430. The predicted molar refractivity (Wildman–Crippen MR) is 88.0 cm³/mol. The number of benzene rings is 1. The molecule has 0 saturated carbocycles. The highest BCUT2D eigenvalue weighted by Crippen LogP contribution is 2.23. The first-order valence-electron chi connectivity index (χ1n) is 6.87. The molecule has 6 nitrogen and oxygen atoms in total. The highest BCUT2D eigenvalue weighted by molar-refractivity contribution is 6.42. The van der Waals surface area contributed by atoms with Crippen molar-refractivity contribution in [3.8, 4) is 0 Å². The van der Waals surface area contributed by atoms with Crippen LogP contribution in [0.3, 0.4) is 0 Å². The van der Waals surface area contributed by atoms with Crippen molar-refractivity contribution in [2.45, 2.75) is 20.4 Å². The van der Waals surface area contributed by atoms with E-state index in [4.69, 9.17) is 27.9 Å². The molecule has 0 saturated heterocycles. The van der Waals surface area contributed by atoms with Gasteiger partial charge < -0.3 is 10.1 Å². The van der Waals surface area contributed by atoms with Crippen LogP contribution in [0.15, 0.2) is 24.3 Å². The number of aromatic nitrogens is 2. The number of hydrogen-bond donors (Lipinski definition) is 1. The van der Waals surface area contributed by atoms with Crippen molar-refractivity contribution in [1.82, 2.24) is 9.78 Å². The molecule has 0 bridgehead atoms. The zero-order valence-corrected chi connectivity index (χ0v) is 14.1. The van der Waals surface area contributed by atoms with Gasteiger partial charge in [-0.15, -0.1) is 0 Å². The lowest BCUT2D eigenvalue weighted by molar-refractivity contribution is -0.144. The number of hydrogen-bond acceptors (Lipinski definition) is 4. The van der Waals surface area contributed by atoms with Gasteiger partial charge in [-0.2, -0.15) is 5.10 Å². The van der Waals surface area contributed by atoms with E-state index in [9.17, 15) is 9.59 Å². The van der Waals surface area contributed by atoms with Gasteiger partial charge in [0.15, 0.2) is 0 Å². The molecule has 1 amide bonds. The average molecular weight is 356 g/mol. The summed E-state index contributed by atoms with van der Waals surface area (Å²) in [4.78, 5) is 23.9. The first kappa shape index (κ1) is 17.3. The fraction of sp³-hybridized carbons (Fsp3) is 0.267. The first-order chi connectivity index (χ1) is 10.9. The molecule has 1 N–H and O–H groups in total. The number of carbonyl (C=O) groups excluding carboxylic acids is 2. The summed E-state index contributed by atoms with van der Waals surface area (Å²) in [5.41, 5.74) is 1.01. The minimum absolute atomic E-state index is 0.0847. The smallest absolute Gasteiger partial charge is 0.327 e. The summed E-state index contributed by atoms with van der Waals surface area (Å²) in [6.45, 7) is 3.68. The fourth-order valence-electron chi connectivity index (χ4n) is 1.92. The molecule has 8 heteroatoms. The Hall–Kier alpha value is -2.05. The van der Waals surface area contributed by atoms with E-state index in [1.807, 2.05) is 0 Å². The Labute approximate surface area is 143 Å². The maximum Gasteiger partial charge on any atom is 0.327 e. The second kappa shape index (κ2) is 7.48. The predicted octanol–water partition coefficient (Wildman–Crippen LogP) is 3.31. The van der Waals surface area contributed by atoms with Crippen molar-refractivity contribution >= 4 is 40.9 Å². The largest absolute Gasteiger partial charge is 0.465 e. The Balaban J connectivity index is 2.17. The molecule has 0 fully saturated rings. The van der Waals surface area contributed by atoms with E-state index in [0.29, 0.717) is 22.1 Å². The van der Waals surface area contributed by atoms with Gasteiger partial charge in [0.2, 0.25) is 0 Å². The molecule has 0 aliphatic rings. The van der Waals surface area contributed by atoms with Crippen molar-refractivity contribution < 1.29 is 14.3 Å². The van der Waals surface area contributed by atoms with Crippen molar-refractivity contribution in [2.24, 2.45) is 0 Å². The average Bonchev–Trinajstić information content (AvgIpc) is 2.81. The van der Waals surface area contributed by atoms with Crippen LogP contribution in [0, 0.1) is 6.92 Å². The monoisotopic (exact) mass is 355 g/mol. The number of amides is 1. The van der Waals surface area contributed by atoms with Crippen LogP contribution < -0.4 is 5.32 Å². The maximum atomic E-state index is 12.3. The number of anilines is 1. The number of rotatable bonds is 5. The van der Waals surface area contributed by atoms with Gasteiger partial charge in [-0.1, -0.05) is 23.2 Å². The summed E-state index contributed by atoms with van der Waals surface area (Å²) in [6, 6.07) is 6.23. The lowest BCUT2D eigenvalue weighted by atomic mass is 10.2. The van der Waals surface area contributed by atoms with E-state index in [0.717, 1.165) is 0 Å². The number of halogens is 2. The molecule has 1 heterocycles. The molecular formula is C15H15Cl2N3O3. The van der Waals surface area contributed by atoms with Gasteiger partial charge in [-0.3, -0.25) is 9.59 Å². The number of esters is 1. The summed E-state index contributed by atoms with van der Waals surface area (Å²) >= 11 is 11.7. The van der Waals surface area contributed by atoms with E-state index >= 15 is 0 Å². The zero-order chi connectivity index (χ0) is 17.0. The minimum Gasteiger partial charge on any atom is -0.465 e. The summed E-state index contributed by atoms with van der Waals surface area (Å²) in [5, 5.41) is 7.51. The summed E-state index contributed by atoms with van der Waals surface area (Å²) in [6.07, 6.45) is 0. The van der Waals surface area contributed by atoms with Crippen LogP contribution in [0.1, 0.15) is 23.0 Å². The third-order valence-electron chi connectivity index (χ3n) is 2.91. The SMILES string of the molecule is CCOC(=O)Cn1nc(C)cc1NC(=O)c1ccc(Cl)c(Cl)c1. The van der Waals surface area contributed by atoms with Gasteiger partial charge in [0.25, 0.3) is 5.91 Å². The molecule has 0 atom stereocenters. The number of aryl methyl sites for hydroxylation is 1. The standard InChI is InChI=1S/C15H15Cl2N3O3/c1-3-23-14(21)8-20-13(6-9(2)19-20)18-15(22)10-4-5-11(16)12(17)7-10/h4-7H,3,8H2,1-2H3,(H,18,22). The number of carbonyl (C=O) groups is 2. The lowest BCUT2D eigenvalue weighted by Crippen LogP contribution is -2.20. The third kappa shape index (κ3) is 4.46. The van der Waals surface area contributed by atoms with Crippen molar-refractivity contribution in [2.75, 3.05) is 11.9 Å². The fourth-order valence-corrected chi connectivity index (χ4v) is 2.22. The maximum absolute atomic E-state index is 12.3. The van der Waals surface area contributed by atoms with Gasteiger partial charge in [-0.25, -0.2) is 4.68 Å². The highest BCUT2D eigenvalue weighted by Gasteiger charge is 2.14. The van der Waals surface area contributed by atoms with E-state index in [1.54, 1.807) is 32.0 Å². The summed E-state index contributed by atoms with van der Waals surface area (Å²) < 4.78 is 6.26. The van der Waals surface area contributed by atoms with Crippen molar-refractivity contribution in [1.29, 1.82) is 0 Å². The quantitative estimate of drug-likeness (QED) is 0.835. The van der Waals surface area contributed by atoms with E-state index in [1.165, 1.54) is 10.7 Å². The lowest BCUT2D eigenvalue weighted by Gasteiger charge is -2.09. The van der Waals surface area contributed by atoms with Crippen LogP contribution in [0.2, 0.25) is 10.0 Å². The Kier molecular flexibility index (Phi) is 5.63. The topological polar surface area (TPSA) is 73.2 Å². The van der Waals surface area contributed by atoms with Gasteiger partial charge in [-0.05, 0) is 32.0 Å². The molecule has 23 heavy (non-hydrogen) atoms. The highest BCUT2D eigenvalue weighted by atomic mass is 35.5. The van der Waals surface area contributed by atoms with Gasteiger partial charge in [0, 0.05) is 11.6 Å². The van der Waals surface area contributed by atoms with Crippen molar-refractivity contribution in [3.63, 3.8) is 0 Å². The molecule has 122 valence electrons. The molecule has 0 spiro atoms. The molecule has 0 unspecified atom stereocenters. The van der Waals surface area contributed by atoms with Crippen molar-refractivity contribution in [3.05, 3.63) is 45.6 Å². The van der Waals surface area contributed by atoms with Gasteiger partial charge in [0.1, 0.15) is 12.4 Å². The van der Waals surface area contributed by atoms with Crippen LogP contribution in [0.25, 0.3) is 0 Å². The number of ether oxygens (including phenoxy) is 1. The second-order valence-corrected chi connectivity index (χ2v) is 5.53. The molecule has 2 aromatic rings. The molecule has 2 rings (SSSR count). The Morgan fingerprint density at radius 3 is 2.65 bits per heavy atom. The molecule has 1 aromatic heterocycles. The molecular weight excluding hydrogens is 341 g/mol. The van der Waals surface area contributed by atoms with E-state index < -0.39 is 5.97 Å². The van der Waals surface area contributed by atoms with Crippen LogP contribution >= 0.6 is 23.2 Å². The van der Waals surface area contributed by atoms with Gasteiger partial charge >= 0.3 is 5.97 Å². The molecule has 1 aromatic carbocycles. The Morgan fingerprint density at radius 2 is 2.00 bits per heavy atom. The second-order valence-electron chi connectivity index (χ2n) is 4.72. The zero-order valence-electron chi connectivity index (χ0n) is 12.6. The normalized spacial score (nSPS) is 10.4. The van der Waals surface area contributed by atoms with Crippen LogP contribution in [-0.2, 0) is 16.1 Å². The Bertz CT molecular complexity index is 744.